The molecule has 1 aliphatic rings. The fourth-order valence-corrected chi connectivity index (χ4v) is 1.32. The zero-order chi connectivity index (χ0) is 5.33. The molecule has 0 aromatic rings. The molecule has 1 rings (SSSR count). The van der Waals surface area contributed by atoms with Crippen molar-refractivity contribution in [3.63, 3.8) is 0 Å². The standard InChI is InChI=1S/C5H9OS/c1-5(2)6-3-4-7-5/h1,3-4H2,2H3. The van der Waals surface area contributed by atoms with Crippen LogP contribution in [0.1, 0.15) is 6.92 Å². The number of hydrogen-bond acceptors (Lipinski definition) is 2. The van der Waals surface area contributed by atoms with Crippen LogP contribution in [0.25, 0.3) is 0 Å². The molecule has 1 aliphatic heterocycles. The van der Waals surface area contributed by atoms with Crippen molar-refractivity contribution in [2.75, 3.05) is 12.4 Å². The van der Waals surface area contributed by atoms with Gasteiger partial charge in [-0.3, -0.25) is 0 Å². The summed E-state index contributed by atoms with van der Waals surface area (Å²) < 4.78 is 5.19. The summed E-state index contributed by atoms with van der Waals surface area (Å²) in [4.78, 5) is -0.139. The van der Waals surface area contributed by atoms with E-state index in [1.807, 2.05) is 6.92 Å². The molecule has 1 nitrogen and oxygen atoms in total. The summed E-state index contributed by atoms with van der Waals surface area (Å²) in [6.07, 6.45) is 0. The van der Waals surface area contributed by atoms with Gasteiger partial charge in [-0.1, -0.05) is 0 Å². The second kappa shape index (κ2) is 1.67. The van der Waals surface area contributed by atoms with Crippen LogP contribution >= 0.6 is 11.8 Å². The van der Waals surface area contributed by atoms with Gasteiger partial charge in [0.2, 0.25) is 0 Å². The molecular weight excluding hydrogens is 108 g/mol. The molecule has 0 spiro atoms. The molecule has 1 radical (unpaired) electrons. The Morgan fingerprint density at radius 1 is 1.86 bits per heavy atom. The van der Waals surface area contributed by atoms with Gasteiger partial charge in [0.25, 0.3) is 0 Å². The smallest absolute Gasteiger partial charge is 0.111 e. The largest absolute Gasteiger partial charge is 0.364 e. The third-order valence-corrected chi connectivity index (χ3v) is 2.00. The third-order valence-electron chi connectivity index (χ3n) is 0.898. The zero-order valence-corrected chi connectivity index (χ0v) is 5.25. The lowest BCUT2D eigenvalue weighted by Crippen LogP contribution is -2.12. The van der Waals surface area contributed by atoms with E-state index < -0.39 is 0 Å². The summed E-state index contributed by atoms with van der Waals surface area (Å²) in [6, 6.07) is 0. The van der Waals surface area contributed by atoms with Crippen LogP contribution in [-0.4, -0.2) is 17.3 Å². The predicted octanol–water partition coefficient (Wildman–Crippen LogP) is 1.30. The molecule has 1 atom stereocenters. The Kier molecular flexibility index (Phi) is 1.30. The number of hydrogen-bond donors (Lipinski definition) is 0. The first kappa shape index (κ1) is 5.45. The third kappa shape index (κ3) is 1.35. The summed E-state index contributed by atoms with van der Waals surface area (Å²) in [7, 11) is 0. The summed E-state index contributed by atoms with van der Waals surface area (Å²) >= 11 is 1.77. The summed E-state index contributed by atoms with van der Waals surface area (Å²) in [6.45, 7) is 6.67. The van der Waals surface area contributed by atoms with Crippen LogP contribution in [0, 0.1) is 6.92 Å². The first-order valence-electron chi connectivity index (χ1n) is 2.34. The number of thioether (sulfide) groups is 1. The van der Waals surface area contributed by atoms with E-state index in [2.05, 4.69) is 6.92 Å². The van der Waals surface area contributed by atoms with Crippen molar-refractivity contribution < 1.29 is 4.74 Å². The minimum atomic E-state index is -0.139. The quantitative estimate of drug-likeness (QED) is 0.473. The lowest BCUT2D eigenvalue weighted by molar-refractivity contribution is 0.0998. The lowest BCUT2D eigenvalue weighted by atomic mass is 10.5. The number of rotatable bonds is 0. The van der Waals surface area contributed by atoms with Crippen molar-refractivity contribution in [1.82, 2.24) is 0 Å². The molecule has 0 saturated carbocycles. The van der Waals surface area contributed by atoms with Crippen molar-refractivity contribution >= 4 is 11.8 Å². The first-order valence-corrected chi connectivity index (χ1v) is 3.32. The normalized spacial score (nSPS) is 28.3. The van der Waals surface area contributed by atoms with Crippen molar-refractivity contribution in [1.29, 1.82) is 0 Å². The van der Waals surface area contributed by atoms with Gasteiger partial charge in [0.05, 0.1) is 6.61 Å². The van der Waals surface area contributed by atoms with Gasteiger partial charge < -0.3 is 4.74 Å². The molecule has 0 aromatic heterocycles. The Labute approximate surface area is 48.4 Å². The van der Waals surface area contributed by atoms with E-state index in [1.54, 1.807) is 11.8 Å². The van der Waals surface area contributed by atoms with E-state index in [0.29, 0.717) is 0 Å². The second-order valence-electron chi connectivity index (χ2n) is 1.83. The minimum Gasteiger partial charge on any atom is -0.364 e. The van der Waals surface area contributed by atoms with E-state index in [1.165, 1.54) is 0 Å². The Hall–Kier alpha value is 0.310. The summed E-state index contributed by atoms with van der Waals surface area (Å²) in [5.74, 6) is 1.10. The maximum absolute atomic E-state index is 5.19. The molecular formula is C5H9OS. The summed E-state index contributed by atoms with van der Waals surface area (Å²) in [5.41, 5.74) is 0. The van der Waals surface area contributed by atoms with E-state index in [-0.39, 0.29) is 4.93 Å². The highest BCUT2D eigenvalue weighted by Gasteiger charge is 2.23. The van der Waals surface area contributed by atoms with Crippen LogP contribution in [0.15, 0.2) is 0 Å². The van der Waals surface area contributed by atoms with Crippen LogP contribution < -0.4 is 0 Å². The van der Waals surface area contributed by atoms with Crippen molar-refractivity contribution in [2.24, 2.45) is 0 Å². The summed E-state index contributed by atoms with van der Waals surface area (Å²) in [5, 5.41) is 0. The maximum atomic E-state index is 5.19. The molecule has 2 heteroatoms. The molecule has 0 bridgehead atoms. The Morgan fingerprint density at radius 3 is 2.71 bits per heavy atom. The predicted molar refractivity (Wildman–Crippen MR) is 32.2 cm³/mol. The van der Waals surface area contributed by atoms with E-state index in [0.717, 1.165) is 12.4 Å². The zero-order valence-electron chi connectivity index (χ0n) is 4.44. The molecule has 41 valence electrons. The van der Waals surface area contributed by atoms with Crippen molar-refractivity contribution in [2.45, 2.75) is 11.9 Å². The fourth-order valence-electron chi connectivity index (χ4n) is 0.557. The monoisotopic (exact) mass is 117 g/mol. The van der Waals surface area contributed by atoms with Gasteiger partial charge >= 0.3 is 0 Å². The maximum Gasteiger partial charge on any atom is 0.111 e. The molecule has 0 aromatic carbocycles. The molecule has 0 amide bonds. The van der Waals surface area contributed by atoms with Crippen LogP contribution in [0.3, 0.4) is 0 Å². The Morgan fingerprint density at radius 2 is 2.57 bits per heavy atom. The molecule has 1 heterocycles. The molecule has 0 N–H and O–H groups in total. The van der Waals surface area contributed by atoms with E-state index >= 15 is 0 Å². The van der Waals surface area contributed by atoms with Gasteiger partial charge in [-0.25, -0.2) is 0 Å². The van der Waals surface area contributed by atoms with Crippen LogP contribution in [0.2, 0.25) is 0 Å². The second-order valence-corrected chi connectivity index (χ2v) is 3.39. The topological polar surface area (TPSA) is 9.23 Å². The van der Waals surface area contributed by atoms with Gasteiger partial charge in [0, 0.05) is 5.75 Å². The molecule has 0 aliphatic carbocycles. The molecule has 1 unspecified atom stereocenters. The van der Waals surface area contributed by atoms with Gasteiger partial charge in [-0.15, -0.1) is 11.8 Å². The average molecular weight is 117 g/mol. The first-order chi connectivity index (χ1) is 3.21. The highest BCUT2D eigenvalue weighted by atomic mass is 32.2. The van der Waals surface area contributed by atoms with Crippen LogP contribution in [0.4, 0.5) is 0 Å². The average Bonchev–Trinajstić information content (AvgIpc) is 1.84. The van der Waals surface area contributed by atoms with Gasteiger partial charge in [-0.2, -0.15) is 0 Å². The van der Waals surface area contributed by atoms with Gasteiger partial charge in [0.15, 0.2) is 0 Å². The SMILES string of the molecule is [CH2]C1(C)OCCS1. The number of ether oxygens (including phenoxy) is 1. The van der Waals surface area contributed by atoms with E-state index in [9.17, 15) is 0 Å². The lowest BCUT2D eigenvalue weighted by Gasteiger charge is -2.12. The highest BCUT2D eigenvalue weighted by Crippen LogP contribution is 2.30. The van der Waals surface area contributed by atoms with Gasteiger partial charge in [-0.05, 0) is 13.8 Å². The fraction of sp³-hybridized carbons (Fsp3) is 0.800. The minimum absolute atomic E-state index is 0.139. The Bertz CT molecular complexity index is 62.5. The molecule has 1 fully saturated rings. The van der Waals surface area contributed by atoms with Crippen molar-refractivity contribution in [3.8, 4) is 0 Å². The Balaban J connectivity index is 2.40. The molecule has 7 heavy (non-hydrogen) atoms. The highest BCUT2D eigenvalue weighted by molar-refractivity contribution is 8.00. The van der Waals surface area contributed by atoms with Crippen LogP contribution in [0.5, 0.6) is 0 Å². The van der Waals surface area contributed by atoms with Gasteiger partial charge in [0.1, 0.15) is 4.93 Å². The van der Waals surface area contributed by atoms with Crippen LogP contribution in [-0.2, 0) is 4.74 Å². The molecule has 1 saturated heterocycles. The van der Waals surface area contributed by atoms with Crippen molar-refractivity contribution in [3.05, 3.63) is 6.92 Å². The van der Waals surface area contributed by atoms with E-state index in [4.69, 9.17) is 4.74 Å².